The van der Waals surface area contributed by atoms with Crippen LogP contribution in [0.3, 0.4) is 0 Å². The van der Waals surface area contributed by atoms with Crippen molar-refractivity contribution in [1.29, 1.82) is 0 Å². The second kappa shape index (κ2) is 7.93. The molecule has 1 fully saturated rings. The molecule has 0 atom stereocenters. The van der Waals surface area contributed by atoms with Crippen LogP contribution in [0, 0.1) is 5.82 Å². The van der Waals surface area contributed by atoms with Crippen molar-refractivity contribution < 1.29 is 9.50 Å². The Labute approximate surface area is 165 Å². The molecule has 0 spiro atoms. The van der Waals surface area contributed by atoms with Gasteiger partial charge in [-0.15, -0.1) is 0 Å². The topological polar surface area (TPSA) is 64.5 Å². The van der Waals surface area contributed by atoms with Crippen LogP contribution in [-0.4, -0.2) is 52.9 Å². The van der Waals surface area contributed by atoms with E-state index in [1.165, 1.54) is 23.5 Å². The Morgan fingerprint density at radius 3 is 2.78 bits per heavy atom. The highest BCUT2D eigenvalue weighted by molar-refractivity contribution is 7.22. The molecule has 27 heavy (non-hydrogen) atoms. The standard InChI is InChI=1S/C18H19ClFN5OS/c19-14-9-12(3-8-26)11-21-17(14)24-4-6-25(7-5-24)23-18-22-15-2-1-13(20)10-16(15)27-18/h1-2,9-11,26H,3-8H2,(H,22,23). The van der Waals surface area contributed by atoms with Gasteiger partial charge in [-0.3, -0.25) is 5.43 Å². The molecule has 3 aromatic rings. The number of anilines is 2. The second-order valence-corrected chi connectivity index (χ2v) is 7.78. The third-order valence-corrected chi connectivity index (χ3v) is 5.66. The van der Waals surface area contributed by atoms with E-state index in [0.29, 0.717) is 11.4 Å². The molecule has 1 saturated heterocycles. The lowest BCUT2D eigenvalue weighted by atomic mass is 10.2. The number of benzene rings is 1. The summed E-state index contributed by atoms with van der Waals surface area (Å²) in [5.74, 6) is 0.522. The number of hydrogen-bond acceptors (Lipinski definition) is 7. The number of aromatic nitrogens is 2. The molecule has 9 heteroatoms. The van der Waals surface area contributed by atoms with Crippen LogP contribution in [0.15, 0.2) is 30.5 Å². The number of fused-ring (bicyclic) bond motifs is 1. The summed E-state index contributed by atoms with van der Waals surface area (Å²) in [5.41, 5.74) is 5.04. The van der Waals surface area contributed by atoms with Crippen LogP contribution < -0.4 is 10.3 Å². The quantitative estimate of drug-likeness (QED) is 0.677. The van der Waals surface area contributed by atoms with Gasteiger partial charge in [0.1, 0.15) is 11.6 Å². The number of piperazine rings is 1. The SMILES string of the molecule is OCCc1cnc(N2CCN(Nc3nc4ccc(F)cc4s3)CC2)c(Cl)c1. The zero-order valence-corrected chi connectivity index (χ0v) is 16.1. The van der Waals surface area contributed by atoms with Crippen LogP contribution in [0.5, 0.6) is 0 Å². The normalized spacial score (nSPS) is 15.4. The minimum absolute atomic E-state index is 0.0834. The number of rotatable bonds is 5. The number of thiazole rings is 1. The molecule has 2 aromatic heterocycles. The summed E-state index contributed by atoms with van der Waals surface area (Å²) < 4.78 is 14.2. The predicted octanol–water partition coefficient (Wildman–Crippen LogP) is 3.17. The molecule has 4 rings (SSSR count). The fraction of sp³-hybridized carbons (Fsp3) is 0.333. The van der Waals surface area contributed by atoms with E-state index in [1.807, 2.05) is 6.07 Å². The Bertz CT molecular complexity index is 945. The third kappa shape index (κ3) is 4.14. The average Bonchev–Trinajstić information content (AvgIpc) is 3.04. The number of aliphatic hydroxyl groups excluding tert-OH is 1. The Morgan fingerprint density at radius 2 is 2.04 bits per heavy atom. The fourth-order valence-corrected chi connectivity index (χ4v) is 4.31. The maximum atomic E-state index is 13.3. The third-order valence-electron chi connectivity index (χ3n) is 4.46. The largest absolute Gasteiger partial charge is 0.396 e. The molecule has 6 nitrogen and oxygen atoms in total. The van der Waals surface area contributed by atoms with E-state index in [4.69, 9.17) is 16.7 Å². The highest BCUT2D eigenvalue weighted by atomic mass is 35.5. The number of hydrogen-bond donors (Lipinski definition) is 2. The van der Waals surface area contributed by atoms with Crippen molar-refractivity contribution in [2.24, 2.45) is 0 Å². The summed E-state index contributed by atoms with van der Waals surface area (Å²) >= 11 is 7.81. The van der Waals surface area contributed by atoms with Gasteiger partial charge in [-0.25, -0.2) is 19.4 Å². The predicted molar refractivity (Wildman–Crippen MR) is 107 cm³/mol. The van der Waals surface area contributed by atoms with Gasteiger partial charge in [0.25, 0.3) is 0 Å². The van der Waals surface area contributed by atoms with Gasteiger partial charge in [0.05, 0.1) is 15.2 Å². The molecule has 0 radical (unpaired) electrons. The van der Waals surface area contributed by atoms with E-state index in [2.05, 4.69) is 25.3 Å². The van der Waals surface area contributed by atoms with E-state index >= 15 is 0 Å². The van der Waals surface area contributed by atoms with Crippen LogP contribution in [0.25, 0.3) is 10.2 Å². The zero-order valence-electron chi connectivity index (χ0n) is 14.5. The van der Waals surface area contributed by atoms with Gasteiger partial charge in [-0.1, -0.05) is 22.9 Å². The molecule has 1 aliphatic rings. The van der Waals surface area contributed by atoms with Gasteiger partial charge < -0.3 is 10.0 Å². The van der Waals surface area contributed by atoms with Gasteiger partial charge in [0.2, 0.25) is 0 Å². The minimum Gasteiger partial charge on any atom is -0.396 e. The number of aliphatic hydroxyl groups is 1. The van der Waals surface area contributed by atoms with Gasteiger partial charge in [-0.2, -0.15) is 0 Å². The monoisotopic (exact) mass is 407 g/mol. The number of nitrogens with one attached hydrogen (secondary N) is 1. The van der Waals surface area contributed by atoms with Crippen LogP contribution in [0.2, 0.25) is 5.02 Å². The Balaban J connectivity index is 1.38. The number of halogens is 2. The van der Waals surface area contributed by atoms with Crippen molar-refractivity contribution in [2.75, 3.05) is 43.1 Å². The maximum absolute atomic E-state index is 13.3. The summed E-state index contributed by atoms with van der Waals surface area (Å²) in [6.07, 6.45) is 2.32. The molecule has 3 heterocycles. The summed E-state index contributed by atoms with van der Waals surface area (Å²) in [6, 6.07) is 6.49. The highest BCUT2D eigenvalue weighted by Gasteiger charge is 2.21. The van der Waals surface area contributed by atoms with Crippen molar-refractivity contribution >= 4 is 44.1 Å². The van der Waals surface area contributed by atoms with Crippen LogP contribution in [0.4, 0.5) is 15.3 Å². The summed E-state index contributed by atoms with van der Waals surface area (Å²) in [6.45, 7) is 3.19. The molecule has 2 N–H and O–H groups in total. The Hall–Kier alpha value is -2.00. The van der Waals surface area contributed by atoms with E-state index in [1.54, 1.807) is 12.3 Å². The lowest BCUT2D eigenvalue weighted by molar-refractivity contribution is 0.299. The Kier molecular flexibility index (Phi) is 5.40. The summed E-state index contributed by atoms with van der Waals surface area (Å²) in [5, 5.41) is 12.5. The first-order chi connectivity index (χ1) is 13.1. The lowest BCUT2D eigenvalue weighted by Gasteiger charge is -2.35. The Morgan fingerprint density at radius 1 is 1.22 bits per heavy atom. The highest BCUT2D eigenvalue weighted by Crippen LogP contribution is 2.28. The molecule has 0 bridgehead atoms. The second-order valence-electron chi connectivity index (χ2n) is 6.34. The van der Waals surface area contributed by atoms with Crippen LogP contribution in [-0.2, 0) is 6.42 Å². The lowest BCUT2D eigenvalue weighted by Crippen LogP contribution is -2.49. The van der Waals surface area contributed by atoms with Crippen molar-refractivity contribution in [2.45, 2.75) is 6.42 Å². The molecule has 1 aliphatic heterocycles. The molecule has 1 aromatic carbocycles. The molecule has 0 unspecified atom stereocenters. The maximum Gasteiger partial charge on any atom is 0.198 e. The average molecular weight is 408 g/mol. The smallest absolute Gasteiger partial charge is 0.198 e. The molecular formula is C18H19ClFN5OS. The summed E-state index contributed by atoms with van der Waals surface area (Å²) in [4.78, 5) is 11.1. The number of nitrogens with zero attached hydrogens (tertiary/aromatic N) is 4. The fourth-order valence-electron chi connectivity index (χ4n) is 3.08. The van der Waals surface area contributed by atoms with Gasteiger partial charge >= 0.3 is 0 Å². The van der Waals surface area contributed by atoms with E-state index in [9.17, 15) is 4.39 Å². The van der Waals surface area contributed by atoms with Gasteiger partial charge in [0, 0.05) is 39.0 Å². The number of hydrazine groups is 1. The van der Waals surface area contributed by atoms with Gasteiger partial charge in [0.15, 0.2) is 5.13 Å². The molecular weight excluding hydrogens is 389 g/mol. The first-order valence-corrected chi connectivity index (χ1v) is 9.90. The van der Waals surface area contributed by atoms with Gasteiger partial charge in [-0.05, 0) is 36.2 Å². The zero-order chi connectivity index (χ0) is 18.8. The van der Waals surface area contributed by atoms with Crippen LogP contribution in [0.1, 0.15) is 5.56 Å². The first kappa shape index (κ1) is 18.4. The molecule has 0 aliphatic carbocycles. The first-order valence-electron chi connectivity index (χ1n) is 8.70. The van der Waals surface area contributed by atoms with Crippen molar-refractivity contribution in [1.82, 2.24) is 15.0 Å². The molecule has 142 valence electrons. The number of pyridine rings is 1. The molecule has 0 amide bonds. The van der Waals surface area contributed by atoms with E-state index < -0.39 is 0 Å². The van der Waals surface area contributed by atoms with Crippen molar-refractivity contribution in [3.63, 3.8) is 0 Å². The van der Waals surface area contributed by atoms with E-state index in [-0.39, 0.29) is 12.4 Å². The van der Waals surface area contributed by atoms with Crippen molar-refractivity contribution in [3.05, 3.63) is 46.9 Å². The van der Waals surface area contributed by atoms with Crippen molar-refractivity contribution in [3.8, 4) is 0 Å². The van der Waals surface area contributed by atoms with E-state index in [0.717, 1.165) is 52.9 Å². The minimum atomic E-state index is -0.249. The van der Waals surface area contributed by atoms with Crippen LogP contribution >= 0.6 is 22.9 Å². The molecule has 0 saturated carbocycles. The summed E-state index contributed by atoms with van der Waals surface area (Å²) in [7, 11) is 0.